The highest BCUT2D eigenvalue weighted by atomic mass is 127. The summed E-state index contributed by atoms with van der Waals surface area (Å²) < 4.78 is 11.4. The highest BCUT2D eigenvalue weighted by Gasteiger charge is 2.37. The Morgan fingerprint density at radius 1 is 1.29 bits per heavy atom. The molecule has 3 nitrogen and oxygen atoms in total. The van der Waals surface area contributed by atoms with Crippen molar-refractivity contribution in [3.63, 3.8) is 0 Å². The van der Waals surface area contributed by atoms with E-state index in [0.717, 1.165) is 25.9 Å². The smallest absolute Gasteiger partial charge is 0.309 e. The third-order valence-electron chi connectivity index (χ3n) is 3.13. The van der Waals surface area contributed by atoms with Crippen molar-refractivity contribution in [2.24, 2.45) is 5.92 Å². The average Bonchev–Trinajstić information content (AvgIpc) is 2.67. The van der Waals surface area contributed by atoms with Crippen LogP contribution in [0.4, 0.5) is 0 Å². The normalized spacial score (nSPS) is 28.3. The van der Waals surface area contributed by atoms with Crippen molar-refractivity contribution in [3.8, 4) is 0 Å². The fourth-order valence-electron chi connectivity index (χ4n) is 2.16. The van der Waals surface area contributed by atoms with Crippen LogP contribution in [0.25, 0.3) is 0 Å². The predicted molar refractivity (Wildman–Crippen MR) is 76.4 cm³/mol. The van der Waals surface area contributed by atoms with E-state index in [-0.39, 0.29) is 18.0 Å². The molecule has 0 aromatic rings. The Labute approximate surface area is 118 Å². The van der Waals surface area contributed by atoms with E-state index < -0.39 is 0 Å². The lowest BCUT2D eigenvalue weighted by molar-refractivity contribution is -0.148. The molecule has 0 heterocycles. The van der Waals surface area contributed by atoms with Crippen molar-refractivity contribution in [1.29, 1.82) is 0 Å². The molecule has 4 heteroatoms. The van der Waals surface area contributed by atoms with Crippen LogP contribution in [-0.2, 0) is 14.3 Å². The van der Waals surface area contributed by atoms with Crippen LogP contribution < -0.4 is 0 Å². The Bertz CT molecular complexity index is 233. The number of carbonyl (C=O) groups is 1. The van der Waals surface area contributed by atoms with E-state index in [2.05, 4.69) is 29.5 Å². The van der Waals surface area contributed by atoms with Crippen LogP contribution in [0, 0.1) is 5.92 Å². The maximum absolute atomic E-state index is 11.6. The van der Waals surface area contributed by atoms with E-state index in [1.165, 1.54) is 12.8 Å². The molecule has 17 heavy (non-hydrogen) atoms. The lowest BCUT2D eigenvalue weighted by Gasteiger charge is -2.14. The molecule has 0 saturated heterocycles. The largest absolute Gasteiger partial charge is 0.466 e. The van der Waals surface area contributed by atoms with Crippen LogP contribution in [0.5, 0.6) is 0 Å². The maximum Gasteiger partial charge on any atom is 0.309 e. The van der Waals surface area contributed by atoms with Gasteiger partial charge in [0.25, 0.3) is 0 Å². The Hall–Kier alpha value is 0.160. The van der Waals surface area contributed by atoms with Crippen LogP contribution in [0.3, 0.4) is 0 Å². The number of hydrogen-bond acceptors (Lipinski definition) is 3. The first-order valence-electron chi connectivity index (χ1n) is 6.61. The molecule has 0 aliphatic heterocycles. The van der Waals surface area contributed by atoms with Crippen LogP contribution in [0.2, 0.25) is 0 Å². The molecule has 0 aromatic heterocycles. The summed E-state index contributed by atoms with van der Waals surface area (Å²) in [7, 11) is 0. The van der Waals surface area contributed by atoms with Gasteiger partial charge in [0.1, 0.15) is 0 Å². The molecule has 3 atom stereocenters. The fraction of sp³-hybridized carbons (Fsp3) is 0.923. The third kappa shape index (κ3) is 5.12. The molecule has 1 aliphatic rings. The average molecular weight is 354 g/mol. The number of esters is 1. The second kappa shape index (κ2) is 8.29. The second-order valence-electron chi connectivity index (χ2n) is 4.55. The van der Waals surface area contributed by atoms with E-state index in [1.807, 2.05) is 6.92 Å². The topological polar surface area (TPSA) is 35.5 Å². The van der Waals surface area contributed by atoms with Crippen LogP contribution in [-0.4, -0.2) is 29.2 Å². The zero-order valence-electron chi connectivity index (χ0n) is 10.8. The van der Waals surface area contributed by atoms with Crippen LogP contribution in [0.1, 0.15) is 46.0 Å². The van der Waals surface area contributed by atoms with E-state index in [4.69, 9.17) is 9.47 Å². The molecule has 100 valence electrons. The standard InChI is InChI=1S/C13H23IO3/c1-3-5-6-7-17-12-9-10(8-11(12)14)13(15)16-4-2/h10-12H,3-9H2,1-2H3. The van der Waals surface area contributed by atoms with Crippen LogP contribution in [0.15, 0.2) is 0 Å². The minimum atomic E-state index is -0.0474. The van der Waals surface area contributed by atoms with Gasteiger partial charge in [-0.2, -0.15) is 0 Å². The highest BCUT2D eigenvalue weighted by molar-refractivity contribution is 14.1. The molecular formula is C13H23IO3. The van der Waals surface area contributed by atoms with Crippen molar-refractivity contribution in [3.05, 3.63) is 0 Å². The van der Waals surface area contributed by atoms with Crippen molar-refractivity contribution in [2.75, 3.05) is 13.2 Å². The quantitative estimate of drug-likeness (QED) is 0.305. The van der Waals surface area contributed by atoms with Gasteiger partial charge in [-0.1, -0.05) is 42.4 Å². The first-order chi connectivity index (χ1) is 8.19. The van der Waals surface area contributed by atoms with Crippen LogP contribution >= 0.6 is 22.6 Å². The molecule has 1 fully saturated rings. The summed E-state index contributed by atoms with van der Waals surface area (Å²) in [6, 6.07) is 0. The van der Waals surface area contributed by atoms with Gasteiger partial charge < -0.3 is 9.47 Å². The summed E-state index contributed by atoms with van der Waals surface area (Å²) in [5.74, 6) is 0.00171. The monoisotopic (exact) mass is 354 g/mol. The number of ether oxygens (including phenoxy) is 2. The van der Waals surface area contributed by atoms with E-state index >= 15 is 0 Å². The SMILES string of the molecule is CCCCCOC1CC(C(=O)OCC)CC1I. The summed E-state index contributed by atoms with van der Waals surface area (Å²) in [5.41, 5.74) is 0. The number of hydrogen-bond donors (Lipinski definition) is 0. The van der Waals surface area contributed by atoms with E-state index in [1.54, 1.807) is 0 Å². The molecule has 0 aromatic carbocycles. The van der Waals surface area contributed by atoms with Crippen molar-refractivity contribution >= 4 is 28.6 Å². The Morgan fingerprint density at radius 3 is 2.71 bits per heavy atom. The molecule has 3 unspecified atom stereocenters. The number of carbonyl (C=O) groups excluding carboxylic acids is 1. The third-order valence-corrected chi connectivity index (χ3v) is 4.44. The summed E-state index contributed by atoms with van der Waals surface area (Å²) in [4.78, 5) is 11.6. The molecule has 0 bridgehead atoms. The van der Waals surface area contributed by atoms with Gasteiger partial charge >= 0.3 is 5.97 Å². The lowest BCUT2D eigenvalue weighted by Crippen LogP contribution is -2.19. The van der Waals surface area contributed by atoms with Gasteiger partial charge in [-0.25, -0.2) is 0 Å². The summed E-state index contributed by atoms with van der Waals surface area (Å²) in [6.45, 7) is 5.34. The highest BCUT2D eigenvalue weighted by Crippen LogP contribution is 2.34. The fourth-order valence-corrected chi connectivity index (χ4v) is 3.27. The number of alkyl halides is 1. The van der Waals surface area contributed by atoms with Gasteiger partial charge in [0.05, 0.1) is 18.6 Å². The Morgan fingerprint density at radius 2 is 2.06 bits per heavy atom. The van der Waals surface area contributed by atoms with Crippen molar-refractivity contribution < 1.29 is 14.3 Å². The molecular weight excluding hydrogens is 331 g/mol. The molecule has 0 amide bonds. The summed E-state index contributed by atoms with van der Waals surface area (Å²) in [5, 5.41) is 0. The molecule has 1 saturated carbocycles. The molecule has 0 spiro atoms. The predicted octanol–water partition coefficient (Wildman–Crippen LogP) is 3.34. The van der Waals surface area contributed by atoms with Gasteiger partial charge in [-0.3, -0.25) is 4.79 Å². The molecule has 0 radical (unpaired) electrons. The summed E-state index contributed by atoms with van der Waals surface area (Å²) in [6.07, 6.45) is 5.53. The molecule has 1 rings (SSSR count). The first kappa shape index (κ1) is 15.2. The number of halogens is 1. The van der Waals surface area contributed by atoms with E-state index in [9.17, 15) is 4.79 Å². The van der Waals surface area contributed by atoms with E-state index in [0.29, 0.717) is 10.5 Å². The minimum Gasteiger partial charge on any atom is -0.466 e. The van der Waals surface area contributed by atoms with Gasteiger partial charge in [0.2, 0.25) is 0 Å². The molecule has 0 N–H and O–H groups in total. The summed E-state index contributed by atoms with van der Waals surface area (Å²) >= 11 is 2.40. The zero-order valence-corrected chi connectivity index (χ0v) is 12.9. The second-order valence-corrected chi connectivity index (χ2v) is 6.15. The van der Waals surface area contributed by atoms with Crippen molar-refractivity contribution in [2.45, 2.75) is 56.0 Å². The first-order valence-corrected chi connectivity index (χ1v) is 7.85. The maximum atomic E-state index is 11.6. The van der Waals surface area contributed by atoms with Gasteiger partial charge in [-0.15, -0.1) is 0 Å². The van der Waals surface area contributed by atoms with Gasteiger partial charge in [-0.05, 0) is 26.2 Å². The van der Waals surface area contributed by atoms with Crippen molar-refractivity contribution in [1.82, 2.24) is 0 Å². The zero-order chi connectivity index (χ0) is 12.7. The minimum absolute atomic E-state index is 0.0474. The van der Waals surface area contributed by atoms with Gasteiger partial charge in [0, 0.05) is 10.5 Å². The lowest BCUT2D eigenvalue weighted by atomic mass is 10.1. The number of unbranched alkanes of at least 4 members (excludes halogenated alkanes) is 2. The van der Waals surface area contributed by atoms with Gasteiger partial charge in [0.15, 0.2) is 0 Å². The number of rotatable bonds is 7. The Balaban J connectivity index is 2.26. The Kier molecular flexibility index (Phi) is 7.43. The molecule has 1 aliphatic carbocycles.